The van der Waals surface area contributed by atoms with Crippen LogP contribution in [0, 0.1) is 5.41 Å². The molecule has 3 aromatic carbocycles. The molecule has 1 atom stereocenters. The van der Waals surface area contributed by atoms with Crippen LogP contribution in [0.25, 0.3) is 0 Å². The van der Waals surface area contributed by atoms with E-state index in [2.05, 4.69) is 64.9 Å². The summed E-state index contributed by atoms with van der Waals surface area (Å²) in [6.45, 7) is 12.0. The maximum atomic E-state index is 11.5. The number of rotatable bonds is 8. The van der Waals surface area contributed by atoms with Crippen molar-refractivity contribution in [2.75, 3.05) is 57.9 Å². The van der Waals surface area contributed by atoms with E-state index in [0.29, 0.717) is 42.2 Å². The minimum atomic E-state index is -0.376. The first-order chi connectivity index (χ1) is 21.8. The standard InChI is InChI=1S/C37H46N4O4/c1-25(2)30-7-4-5-8-31(30)32-22-39(21-26-17-33(43-3)35-34(18-26)44-15-6-16-45-35)13-14-41(32)29-19-37(20-29)23-40(24-37)28-11-9-27(10-12-28)36(38)42/h4-5,7-12,17-18,25,29,32H,6,13-16,19-24H2,1-3H3,(H2,38,42)/t32-/m0/s1. The molecule has 0 bridgehead atoms. The third kappa shape index (κ3) is 5.86. The van der Waals surface area contributed by atoms with E-state index in [0.717, 1.165) is 62.9 Å². The number of benzene rings is 3. The second kappa shape index (κ2) is 12.2. The molecule has 8 nitrogen and oxygen atoms in total. The van der Waals surface area contributed by atoms with Gasteiger partial charge in [-0.3, -0.25) is 14.6 Å². The highest BCUT2D eigenvalue weighted by molar-refractivity contribution is 5.93. The number of carbonyl (C=O) groups excluding carboxylic acids is 1. The molecule has 1 aliphatic carbocycles. The van der Waals surface area contributed by atoms with Gasteiger partial charge < -0.3 is 24.8 Å². The molecule has 3 heterocycles. The van der Waals surface area contributed by atoms with Gasteiger partial charge in [0.1, 0.15) is 0 Å². The van der Waals surface area contributed by atoms with E-state index in [4.69, 9.17) is 19.9 Å². The highest BCUT2D eigenvalue weighted by Crippen LogP contribution is 2.53. The Kier molecular flexibility index (Phi) is 8.12. The predicted molar refractivity (Wildman–Crippen MR) is 176 cm³/mol. The number of carbonyl (C=O) groups is 1. The Morgan fingerprint density at radius 2 is 1.78 bits per heavy atom. The molecular weight excluding hydrogens is 564 g/mol. The lowest BCUT2D eigenvalue weighted by molar-refractivity contribution is -0.0647. The van der Waals surface area contributed by atoms with E-state index in [9.17, 15) is 4.79 Å². The monoisotopic (exact) mass is 610 g/mol. The van der Waals surface area contributed by atoms with Crippen LogP contribution in [-0.4, -0.2) is 74.8 Å². The summed E-state index contributed by atoms with van der Waals surface area (Å²) in [5.74, 6) is 2.36. The molecule has 1 spiro atoms. The Hall–Kier alpha value is -3.75. The number of methoxy groups -OCH3 is 1. The van der Waals surface area contributed by atoms with Crippen LogP contribution in [0.5, 0.6) is 17.2 Å². The fourth-order valence-electron chi connectivity index (χ4n) is 8.06. The van der Waals surface area contributed by atoms with Crippen LogP contribution in [0.4, 0.5) is 5.69 Å². The number of hydrogen-bond donors (Lipinski definition) is 1. The molecule has 2 N–H and O–H groups in total. The highest BCUT2D eigenvalue weighted by Gasteiger charge is 2.55. The van der Waals surface area contributed by atoms with Gasteiger partial charge in [0.05, 0.1) is 20.3 Å². The van der Waals surface area contributed by atoms with Gasteiger partial charge in [0.2, 0.25) is 11.7 Å². The molecule has 0 aromatic heterocycles. The fourth-order valence-corrected chi connectivity index (χ4v) is 8.06. The largest absolute Gasteiger partial charge is 0.493 e. The highest BCUT2D eigenvalue weighted by atomic mass is 16.5. The Balaban J connectivity index is 1.07. The summed E-state index contributed by atoms with van der Waals surface area (Å²) in [4.78, 5) is 19.3. The Labute approximate surface area is 267 Å². The number of nitrogens with two attached hydrogens (primary N) is 1. The van der Waals surface area contributed by atoms with Crippen molar-refractivity contribution in [3.05, 3.63) is 82.9 Å². The molecular formula is C37H46N4O4. The van der Waals surface area contributed by atoms with E-state index in [1.54, 1.807) is 7.11 Å². The van der Waals surface area contributed by atoms with E-state index < -0.39 is 0 Å². The molecule has 1 saturated carbocycles. The zero-order valence-corrected chi connectivity index (χ0v) is 26.8. The van der Waals surface area contributed by atoms with E-state index >= 15 is 0 Å². The van der Waals surface area contributed by atoms with Crippen molar-refractivity contribution >= 4 is 11.6 Å². The molecule has 4 aliphatic rings. The van der Waals surface area contributed by atoms with E-state index in [1.165, 1.54) is 35.2 Å². The molecule has 8 heteroatoms. The van der Waals surface area contributed by atoms with Gasteiger partial charge in [0.15, 0.2) is 11.5 Å². The smallest absolute Gasteiger partial charge is 0.248 e. The number of amides is 1. The maximum Gasteiger partial charge on any atom is 0.248 e. The van der Waals surface area contributed by atoms with Crippen molar-refractivity contribution in [1.82, 2.24) is 9.80 Å². The summed E-state index contributed by atoms with van der Waals surface area (Å²) >= 11 is 0. The molecule has 0 radical (unpaired) electrons. The minimum Gasteiger partial charge on any atom is -0.493 e. The first kappa shape index (κ1) is 29.9. The normalized spacial score (nSPS) is 21.7. The summed E-state index contributed by atoms with van der Waals surface area (Å²) in [5, 5.41) is 0. The SMILES string of the molecule is COc1cc(CN2CCN(C3CC4(C3)CN(c3ccc(C(N)=O)cc3)C4)[C@H](c3ccccc3C(C)C)C2)cc2c1OCCCO2. The van der Waals surface area contributed by atoms with Crippen molar-refractivity contribution in [2.45, 2.75) is 57.7 Å². The number of anilines is 1. The zero-order chi connectivity index (χ0) is 31.1. The first-order valence-electron chi connectivity index (χ1n) is 16.5. The Bertz CT molecular complexity index is 1530. The lowest BCUT2D eigenvalue weighted by atomic mass is 9.59. The number of ether oxygens (including phenoxy) is 3. The van der Waals surface area contributed by atoms with Crippen LogP contribution in [0.2, 0.25) is 0 Å². The molecule has 3 aliphatic heterocycles. The maximum absolute atomic E-state index is 11.5. The lowest BCUT2D eigenvalue weighted by Gasteiger charge is -2.63. The summed E-state index contributed by atoms with van der Waals surface area (Å²) in [7, 11) is 1.71. The molecule has 7 rings (SSSR count). The van der Waals surface area contributed by atoms with Gasteiger partial charge >= 0.3 is 0 Å². The lowest BCUT2D eigenvalue weighted by Crippen LogP contribution is -2.68. The van der Waals surface area contributed by atoms with Crippen LogP contribution in [0.3, 0.4) is 0 Å². The van der Waals surface area contributed by atoms with Gasteiger partial charge in [0, 0.05) is 74.4 Å². The minimum absolute atomic E-state index is 0.347. The van der Waals surface area contributed by atoms with Gasteiger partial charge in [-0.1, -0.05) is 38.1 Å². The second-order valence-electron chi connectivity index (χ2n) is 13.8. The van der Waals surface area contributed by atoms with Crippen LogP contribution in [0.15, 0.2) is 60.7 Å². The van der Waals surface area contributed by atoms with Crippen molar-refractivity contribution in [1.29, 1.82) is 0 Å². The molecule has 3 aromatic rings. The van der Waals surface area contributed by atoms with Crippen molar-refractivity contribution in [3.8, 4) is 17.2 Å². The summed E-state index contributed by atoms with van der Waals surface area (Å²) in [6, 6.07) is 22.0. The summed E-state index contributed by atoms with van der Waals surface area (Å²) < 4.78 is 17.8. The molecule has 3 fully saturated rings. The van der Waals surface area contributed by atoms with Crippen molar-refractivity contribution in [2.24, 2.45) is 11.1 Å². The predicted octanol–water partition coefficient (Wildman–Crippen LogP) is 5.61. The summed E-state index contributed by atoms with van der Waals surface area (Å²) in [6.07, 6.45) is 3.35. The van der Waals surface area contributed by atoms with Crippen LogP contribution in [-0.2, 0) is 6.54 Å². The van der Waals surface area contributed by atoms with Gasteiger partial charge in [-0.05, 0) is 71.8 Å². The van der Waals surface area contributed by atoms with Crippen LogP contribution in [0.1, 0.15) is 72.1 Å². The molecule has 238 valence electrons. The zero-order valence-electron chi connectivity index (χ0n) is 26.8. The molecule has 1 amide bonds. The average molecular weight is 611 g/mol. The van der Waals surface area contributed by atoms with Crippen LogP contribution < -0.4 is 24.8 Å². The first-order valence-corrected chi connectivity index (χ1v) is 16.5. The van der Waals surface area contributed by atoms with Gasteiger partial charge in [-0.2, -0.15) is 0 Å². The fraction of sp³-hybridized carbons (Fsp3) is 0.486. The quantitative estimate of drug-likeness (QED) is 0.355. The molecule has 0 unspecified atom stereocenters. The van der Waals surface area contributed by atoms with E-state index in [-0.39, 0.29) is 5.91 Å². The molecule has 2 saturated heterocycles. The number of piperazine rings is 1. The van der Waals surface area contributed by atoms with Crippen molar-refractivity contribution in [3.63, 3.8) is 0 Å². The second-order valence-corrected chi connectivity index (χ2v) is 13.8. The van der Waals surface area contributed by atoms with E-state index in [1.807, 2.05) is 24.3 Å². The van der Waals surface area contributed by atoms with Crippen LogP contribution >= 0.6 is 0 Å². The van der Waals surface area contributed by atoms with Gasteiger partial charge in [-0.15, -0.1) is 0 Å². The number of primary amides is 1. The Morgan fingerprint density at radius 3 is 2.51 bits per heavy atom. The molecule has 45 heavy (non-hydrogen) atoms. The van der Waals surface area contributed by atoms with Gasteiger partial charge in [0.25, 0.3) is 0 Å². The number of fused-ring (bicyclic) bond motifs is 1. The van der Waals surface area contributed by atoms with Crippen molar-refractivity contribution < 1.29 is 19.0 Å². The third-order valence-corrected chi connectivity index (χ3v) is 10.4. The van der Waals surface area contributed by atoms with Gasteiger partial charge in [-0.25, -0.2) is 0 Å². The number of hydrogen-bond acceptors (Lipinski definition) is 7. The Morgan fingerprint density at radius 1 is 1.02 bits per heavy atom. The topological polar surface area (TPSA) is 80.5 Å². The summed E-state index contributed by atoms with van der Waals surface area (Å²) in [5.41, 5.74) is 11.7. The third-order valence-electron chi connectivity index (χ3n) is 10.4. The average Bonchev–Trinajstić information content (AvgIpc) is 3.25. The number of nitrogens with zero attached hydrogens (tertiary/aromatic N) is 3.